The first-order valence-electron chi connectivity index (χ1n) is 13.5. The van der Waals surface area contributed by atoms with E-state index in [4.69, 9.17) is 0 Å². The fourth-order valence-electron chi connectivity index (χ4n) is 5.43. The van der Waals surface area contributed by atoms with Gasteiger partial charge in [-0.1, -0.05) is 51.8 Å². The van der Waals surface area contributed by atoms with Gasteiger partial charge in [0.05, 0.1) is 12.6 Å². The Balaban J connectivity index is 1.46. The van der Waals surface area contributed by atoms with Crippen LogP contribution in [0.3, 0.4) is 0 Å². The van der Waals surface area contributed by atoms with E-state index < -0.39 is 30.1 Å². The summed E-state index contributed by atoms with van der Waals surface area (Å²) in [7, 11) is 0. The maximum atomic E-state index is 13.7. The number of fused-ring (bicyclic) bond motifs is 1. The zero-order chi connectivity index (χ0) is 27.4. The number of nitrogens with one attached hydrogen (secondary N) is 1. The van der Waals surface area contributed by atoms with Crippen molar-refractivity contribution in [1.82, 2.24) is 15.1 Å². The molecule has 4 atom stereocenters. The molecule has 2 aliphatic rings. The standard InChI is InChI=1S/C29H37N3O5S/c1-4-5-7-23(33)29(37)32-17-24(34)26-22(32)13-14-31(26)28(36)21(16-18(2)3)30-27(35)20-11-9-19(10-12-20)25-8-6-15-38-25/h6,8-12,15,18,21-23,26,33H,4-5,7,13-14,16-17H2,1-3H3,(H,30,35). The lowest BCUT2D eigenvalue weighted by Crippen LogP contribution is -2.53. The van der Waals surface area contributed by atoms with Gasteiger partial charge in [-0.05, 0) is 54.3 Å². The van der Waals surface area contributed by atoms with Crippen molar-refractivity contribution in [3.8, 4) is 10.4 Å². The Bertz CT molecular complexity index is 1150. The van der Waals surface area contributed by atoms with Crippen LogP contribution >= 0.6 is 11.3 Å². The molecule has 8 nitrogen and oxygen atoms in total. The van der Waals surface area contributed by atoms with Crippen LogP contribution in [0.2, 0.25) is 0 Å². The van der Waals surface area contributed by atoms with E-state index >= 15 is 0 Å². The van der Waals surface area contributed by atoms with Crippen LogP contribution in [0.4, 0.5) is 0 Å². The maximum Gasteiger partial charge on any atom is 0.252 e. The number of hydrogen-bond acceptors (Lipinski definition) is 6. The number of ketones is 1. The summed E-state index contributed by atoms with van der Waals surface area (Å²) in [5, 5.41) is 15.2. The highest BCUT2D eigenvalue weighted by Crippen LogP contribution is 2.32. The average molecular weight is 540 g/mol. The van der Waals surface area contributed by atoms with E-state index in [1.807, 2.05) is 50.4 Å². The zero-order valence-electron chi connectivity index (χ0n) is 22.3. The first kappa shape index (κ1) is 28.0. The summed E-state index contributed by atoms with van der Waals surface area (Å²) < 4.78 is 0. The van der Waals surface area contributed by atoms with Gasteiger partial charge in [0.25, 0.3) is 11.8 Å². The molecule has 204 valence electrons. The molecule has 0 bridgehead atoms. The first-order chi connectivity index (χ1) is 18.2. The van der Waals surface area contributed by atoms with E-state index in [1.165, 1.54) is 9.80 Å². The van der Waals surface area contributed by atoms with Crippen molar-refractivity contribution in [1.29, 1.82) is 0 Å². The van der Waals surface area contributed by atoms with Crippen LogP contribution in [0.15, 0.2) is 41.8 Å². The molecule has 0 aliphatic carbocycles. The number of amides is 3. The van der Waals surface area contributed by atoms with Gasteiger partial charge in [-0.2, -0.15) is 0 Å². The van der Waals surface area contributed by atoms with Gasteiger partial charge in [0.2, 0.25) is 5.91 Å². The molecule has 2 saturated heterocycles. The Morgan fingerprint density at radius 2 is 1.84 bits per heavy atom. The molecule has 3 amide bonds. The number of thiophene rings is 1. The zero-order valence-corrected chi connectivity index (χ0v) is 23.1. The fraction of sp³-hybridized carbons (Fsp3) is 0.517. The van der Waals surface area contributed by atoms with E-state index in [0.717, 1.165) is 23.3 Å². The van der Waals surface area contributed by atoms with Crippen LogP contribution in [-0.4, -0.2) is 75.7 Å². The number of likely N-dealkylation sites (tertiary alicyclic amines) is 2. The third-order valence-electron chi connectivity index (χ3n) is 7.37. The minimum absolute atomic E-state index is 0.0983. The summed E-state index contributed by atoms with van der Waals surface area (Å²) in [5.41, 5.74) is 1.48. The van der Waals surface area contributed by atoms with E-state index in [2.05, 4.69) is 5.32 Å². The monoisotopic (exact) mass is 539 g/mol. The Hall–Kier alpha value is -3.04. The topological polar surface area (TPSA) is 107 Å². The van der Waals surface area contributed by atoms with E-state index in [1.54, 1.807) is 23.5 Å². The molecule has 4 unspecified atom stereocenters. The molecule has 0 radical (unpaired) electrons. The van der Waals surface area contributed by atoms with Crippen molar-refractivity contribution < 1.29 is 24.3 Å². The molecule has 9 heteroatoms. The quantitative estimate of drug-likeness (QED) is 0.481. The minimum atomic E-state index is -1.13. The number of rotatable bonds is 10. The lowest BCUT2D eigenvalue weighted by molar-refractivity contribution is -0.142. The molecule has 0 spiro atoms. The van der Waals surface area contributed by atoms with Crippen LogP contribution in [-0.2, 0) is 14.4 Å². The molecular formula is C29H37N3O5S. The number of carbonyl (C=O) groups is 4. The second-order valence-electron chi connectivity index (χ2n) is 10.6. The third kappa shape index (κ3) is 5.99. The van der Waals surface area contributed by atoms with Crippen LogP contribution in [0.25, 0.3) is 10.4 Å². The van der Waals surface area contributed by atoms with Crippen molar-refractivity contribution in [3.05, 3.63) is 47.3 Å². The Morgan fingerprint density at radius 1 is 1.11 bits per heavy atom. The van der Waals surface area contributed by atoms with E-state index in [0.29, 0.717) is 31.4 Å². The normalized spacial score (nSPS) is 20.5. The number of aliphatic hydroxyl groups is 1. The number of carbonyl (C=O) groups excluding carboxylic acids is 4. The second kappa shape index (κ2) is 12.2. The number of benzene rings is 1. The molecule has 2 aliphatic heterocycles. The fourth-order valence-corrected chi connectivity index (χ4v) is 6.17. The van der Waals surface area contributed by atoms with Crippen LogP contribution in [0.1, 0.15) is 63.2 Å². The highest BCUT2D eigenvalue weighted by molar-refractivity contribution is 7.13. The van der Waals surface area contributed by atoms with E-state index in [-0.39, 0.29) is 30.1 Å². The van der Waals surface area contributed by atoms with Gasteiger partial charge in [0, 0.05) is 17.0 Å². The molecule has 38 heavy (non-hydrogen) atoms. The summed E-state index contributed by atoms with van der Waals surface area (Å²) in [6.45, 7) is 6.18. The SMILES string of the molecule is CCCCC(O)C(=O)N1CC(=O)C2C1CCN2C(=O)C(CC(C)C)NC(=O)c1ccc(-c2cccs2)cc1. The molecule has 2 fully saturated rings. The molecule has 4 rings (SSSR count). The summed E-state index contributed by atoms with van der Waals surface area (Å²) >= 11 is 1.62. The second-order valence-corrected chi connectivity index (χ2v) is 11.6. The van der Waals surface area contributed by atoms with Crippen LogP contribution < -0.4 is 5.32 Å². The smallest absolute Gasteiger partial charge is 0.252 e. The van der Waals surface area contributed by atoms with Crippen molar-refractivity contribution in [2.75, 3.05) is 13.1 Å². The van der Waals surface area contributed by atoms with Crippen molar-refractivity contribution in [2.45, 2.75) is 77.1 Å². The molecule has 1 aromatic carbocycles. The Morgan fingerprint density at radius 3 is 2.47 bits per heavy atom. The Kier molecular flexibility index (Phi) is 8.99. The van der Waals surface area contributed by atoms with E-state index in [9.17, 15) is 24.3 Å². The summed E-state index contributed by atoms with van der Waals surface area (Å²) in [6.07, 6.45) is 1.71. The first-order valence-corrected chi connectivity index (χ1v) is 14.4. The van der Waals surface area contributed by atoms with Gasteiger partial charge in [0.15, 0.2) is 5.78 Å². The predicted octanol–water partition coefficient (Wildman–Crippen LogP) is 3.49. The van der Waals surface area contributed by atoms with Crippen LogP contribution in [0.5, 0.6) is 0 Å². The van der Waals surface area contributed by atoms with Gasteiger partial charge < -0.3 is 20.2 Å². The number of hydrogen-bond donors (Lipinski definition) is 2. The maximum absolute atomic E-state index is 13.7. The summed E-state index contributed by atoms with van der Waals surface area (Å²) in [4.78, 5) is 56.8. The molecule has 1 aromatic heterocycles. The van der Waals surface area contributed by atoms with Gasteiger partial charge in [-0.25, -0.2) is 0 Å². The third-order valence-corrected chi connectivity index (χ3v) is 8.29. The highest BCUT2D eigenvalue weighted by Gasteiger charge is 2.52. The number of aliphatic hydroxyl groups excluding tert-OH is 1. The molecule has 2 N–H and O–H groups in total. The lowest BCUT2D eigenvalue weighted by atomic mass is 10.0. The number of nitrogens with zero attached hydrogens (tertiary/aromatic N) is 2. The summed E-state index contributed by atoms with van der Waals surface area (Å²) in [6, 6.07) is 9.33. The molecular weight excluding hydrogens is 502 g/mol. The van der Waals surface area contributed by atoms with Crippen molar-refractivity contribution in [3.63, 3.8) is 0 Å². The molecule has 0 saturated carbocycles. The molecule has 3 heterocycles. The van der Waals surface area contributed by atoms with Gasteiger partial charge in [0.1, 0.15) is 18.2 Å². The number of Topliss-reactive ketones (excluding diaryl/α,β-unsaturated/α-hetero) is 1. The largest absolute Gasteiger partial charge is 0.383 e. The molecule has 2 aromatic rings. The predicted molar refractivity (Wildman–Crippen MR) is 147 cm³/mol. The van der Waals surface area contributed by atoms with Gasteiger partial charge in [-0.3, -0.25) is 19.2 Å². The van der Waals surface area contributed by atoms with Crippen molar-refractivity contribution in [2.24, 2.45) is 5.92 Å². The van der Waals surface area contributed by atoms with Gasteiger partial charge >= 0.3 is 0 Å². The lowest BCUT2D eigenvalue weighted by Gasteiger charge is -2.29. The number of unbranched alkanes of at least 4 members (excludes halogenated alkanes) is 1. The summed E-state index contributed by atoms with van der Waals surface area (Å²) in [5.74, 6) is -1.15. The van der Waals surface area contributed by atoms with Crippen molar-refractivity contribution >= 4 is 34.8 Å². The minimum Gasteiger partial charge on any atom is -0.383 e. The Labute approximate surface area is 228 Å². The highest BCUT2D eigenvalue weighted by atomic mass is 32.1. The van der Waals surface area contributed by atoms with Crippen LogP contribution in [0, 0.1) is 5.92 Å². The van der Waals surface area contributed by atoms with Gasteiger partial charge in [-0.15, -0.1) is 11.3 Å². The average Bonchev–Trinajstić information content (AvgIpc) is 3.65.